The van der Waals surface area contributed by atoms with Gasteiger partial charge in [0, 0.05) is 21.8 Å². The van der Waals surface area contributed by atoms with Gasteiger partial charge in [0.25, 0.3) is 0 Å². The zero-order chi connectivity index (χ0) is 12.3. The number of hydrogen-bond donors (Lipinski definition) is 1. The van der Waals surface area contributed by atoms with E-state index in [4.69, 9.17) is 10.5 Å². The van der Waals surface area contributed by atoms with Gasteiger partial charge in [-0.15, -0.1) is 0 Å². The van der Waals surface area contributed by atoms with E-state index < -0.39 is 0 Å². The molecule has 0 atom stereocenters. The van der Waals surface area contributed by atoms with E-state index in [1.54, 1.807) is 6.07 Å². The Morgan fingerprint density at radius 3 is 2.76 bits per heavy atom. The maximum Gasteiger partial charge on any atom is 0.223 e. The van der Waals surface area contributed by atoms with Crippen LogP contribution in [0.2, 0.25) is 0 Å². The van der Waals surface area contributed by atoms with Crippen molar-refractivity contribution in [1.82, 2.24) is 9.97 Å². The van der Waals surface area contributed by atoms with Crippen molar-refractivity contribution in [2.45, 2.75) is 13.5 Å². The van der Waals surface area contributed by atoms with Crippen molar-refractivity contribution in [2.24, 2.45) is 0 Å². The van der Waals surface area contributed by atoms with Gasteiger partial charge in [-0.2, -0.15) is 4.98 Å². The molecule has 0 radical (unpaired) electrons. The first-order valence-corrected chi connectivity index (χ1v) is 5.92. The van der Waals surface area contributed by atoms with Gasteiger partial charge >= 0.3 is 0 Å². The molecule has 2 rings (SSSR count). The highest BCUT2D eigenvalue weighted by Crippen LogP contribution is 2.18. The Balaban J connectivity index is 2.10. The van der Waals surface area contributed by atoms with Crippen LogP contribution in [0.1, 0.15) is 11.3 Å². The number of aromatic nitrogens is 2. The summed E-state index contributed by atoms with van der Waals surface area (Å²) in [5.74, 6) is 0.720. The average molecular weight is 294 g/mol. The fourth-order valence-corrected chi connectivity index (χ4v) is 1.80. The lowest BCUT2D eigenvalue weighted by molar-refractivity contribution is 0.293. The van der Waals surface area contributed by atoms with Gasteiger partial charge in [0.1, 0.15) is 6.61 Å². The molecule has 17 heavy (non-hydrogen) atoms. The van der Waals surface area contributed by atoms with Crippen LogP contribution in [0.25, 0.3) is 0 Å². The molecule has 0 aliphatic heterocycles. The highest BCUT2D eigenvalue weighted by Gasteiger charge is 2.03. The van der Waals surface area contributed by atoms with Crippen LogP contribution in [-0.4, -0.2) is 9.97 Å². The molecule has 0 unspecified atom stereocenters. The number of hydrogen-bond acceptors (Lipinski definition) is 4. The molecule has 1 aromatic heterocycles. The lowest BCUT2D eigenvalue weighted by atomic mass is 10.2. The van der Waals surface area contributed by atoms with Crippen LogP contribution >= 0.6 is 15.9 Å². The second kappa shape index (κ2) is 5.14. The number of rotatable bonds is 3. The van der Waals surface area contributed by atoms with Crippen molar-refractivity contribution in [2.75, 3.05) is 5.73 Å². The van der Waals surface area contributed by atoms with E-state index in [0.29, 0.717) is 12.5 Å². The molecule has 0 aliphatic rings. The van der Waals surface area contributed by atoms with Gasteiger partial charge in [-0.3, -0.25) is 0 Å². The maximum absolute atomic E-state index is 5.57. The minimum absolute atomic E-state index is 0.229. The molecule has 0 saturated heterocycles. The third-order valence-corrected chi connectivity index (χ3v) is 2.96. The number of ether oxygens (including phenoxy) is 1. The van der Waals surface area contributed by atoms with E-state index in [9.17, 15) is 0 Å². The first-order chi connectivity index (χ1) is 8.15. The van der Waals surface area contributed by atoms with E-state index in [1.807, 2.05) is 31.2 Å². The van der Waals surface area contributed by atoms with Crippen molar-refractivity contribution in [3.63, 3.8) is 0 Å². The molecule has 1 aromatic carbocycles. The quantitative estimate of drug-likeness (QED) is 0.945. The van der Waals surface area contributed by atoms with E-state index in [0.717, 1.165) is 15.7 Å². The summed E-state index contributed by atoms with van der Waals surface area (Å²) in [6.45, 7) is 2.29. The Morgan fingerprint density at radius 2 is 2.06 bits per heavy atom. The van der Waals surface area contributed by atoms with Crippen molar-refractivity contribution in [1.29, 1.82) is 0 Å². The lowest BCUT2D eigenvalue weighted by Crippen LogP contribution is -2.02. The SMILES string of the molecule is Cc1cc(OCc2ccccc2Br)nc(N)n1. The summed E-state index contributed by atoms with van der Waals surface area (Å²) >= 11 is 3.46. The summed E-state index contributed by atoms with van der Waals surface area (Å²) in [6.07, 6.45) is 0. The molecule has 0 saturated carbocycles. The van der Waals surface area contributed by atoms with Crippen LogP contribution in [0.3, 0.4) is 0 Å². The first-order valence-electron chi connectivity index (χ1n) is 5.12. The monoisotopic (exact) mass is 293 g/mol. The standard InChI is InChI=1S/C12H12BrN3O/c1-8-6-11(16-12(14)15-8)17-7-9-4-2-3-5-10(9)13/h2-6H,7H2,1H3,(H2,14,15,16). The summed E-state index contributed by atoms with van der Waals surface area (Å²) in [6, 6.07) is 9.64. The minimum Gasteiger partial charge on any atom is -0.473 e. The average Bonchev–Trinajstić information content (AvgIpc) is 2.27. The number of nitrogens with two attached hydrogens (primary N) is 1. The number of anilines is 1. The zero-order valence-corrected chi connectivity index (χ0v) is 10.9. The van der Waals surface area contributed by atoms with Crippen LogP contribution in [0.5, 0.6) is 5.88 Å². The second-order valence-electron chi connectivity index (χ2n) is 3.59. The molecule has 0 fully saturated rings. The largest absolute Gasteiger partial charge is 0.473 e. The predicted molar refractivity (Wildman–Crippen MR) is 69.7 cm³/mol. The lowest BCUT2D eigenvalue weighted by Gasteiger charge is -2.07. The van der Waals surface area contributed by atoms with Crippen LogP contribution in [0.15, 0.2) is 34.8 Å². The Bertz CT molecular complexity index is 511. The summed E-state index contributed by atoms with van der Waals surface area (Å²) < 4.78 is 6.59. The van der Waals surface area contributed by atoms with Crippen molar-refractivity contribution in [3.05, 3.63) is 46.1 Å². The fraction of sp³-hybridized carbons (Fsp3) is 0.167. The Labute approximate surface area is 108 Å². The van der Waals surface area contributed by atoms with Gasteiger partial charge < -0.3 is 10.5 Å². The predicted octanol–water partition coefficient (Wildman–Crippen LogP) is 2.71. The molecule has 4 nitrogen and oxygen atoms in total. The molecule has 0 aliphatic carbocycles. The number of benzene rings is 1. The molecule has 0 spiro atoms. The summed E-state index contributed by atoms with van der Waals surface area (Å²) in [7, 11) is 0. The van der Waals surface area contributed by atoms with Gasteiger partial charge in [-0.25, -0.2) is 4.98 Å². The van der Waals surface area contributed by atoms with E-state index in [1.165, 1.54) is 0 Å². The number of nitrogens with zero attached hydrogens (tertiary/aromatic N) is 2. The Kier molecular flexibility index (Phi) is 3.58. The zero-order valence-electron chi connectivity index (χ0n) is 9.35. The van der Waals surface area contributed by atoms with Gasteiger partial charge in [0.05, 0.1) is 0 Å². The molecule has 0 amide bonds. The molecule has 5 heteroatoms. The Hall–Kier alpha value is -1.62. The van der Waals surface area contributed by atoms with E-state index in [-0.39, 0.29) is 5.95 Å². The third-order valence-electron chi connectivity index (χ3n) is 2.18. The molecule has 88 valence electrons. The third kappa shape index (κ3) is 3.17. The smallest absolute Gasteiger partial charge is 0.223 e. The fourth-order valence-electron chi connectivity index (χ4n) is 1.40. The minimum atomic E-state index is 0.229. The van der Waals surface area contributed by atoms with Crippen LogP contribution < -0.4 is 10.5 Å². The van der Waals surface area contributed by atoms with Gasteiger partial charge in [-0.1, -0.05) is 34.1 Å². The summed E-state index contributed by atoms with van der Waals surface area (Å²) in [5.41, 5.74) is 7.40. The summed E-state index contributed by atoms with van der Waals surface area (Å²) in [5, 5.41) is 0. The highest BCUT2D eigenvalue weighted by atomic mass is 79.9. The van der Waals surface area contributed by atoms with Crippen LogP contribution in [-0.2, 0) is 6.61 Å². The maximum atomic E-state index is 5.57. The molecule has 0 bridgehead atoms. The van der Waals surface area contributed by atoms with Crippen molar-refractivity contribution < 1.29 is 4.74 Å². The van der Waals surface area contributed by atoms with E-state index >= 15 is 0 Å². The molecular weight excluding hydrogens is 282 g/mol. The van der Waals surface area contributed by atoms with E-state index in [2.05, 4.69) is 25.9 Å². The molecule has 2 N–H and O–H groups in total. The molecule has 2 aromatic rings. The van der Waals surface area contributed by atoms with Crippen LogP contribution in [0.4, 0.5) is 5.95 Å². The molecular formula is C12H12BrN3O. The Morgan fingerprint density at radius 1 is 1.29 bits per heavy atom. The second-order valence-corrected chi connectivity index (χ2v) is 4.44. The normalized spacial score (nSPS) is 10.2. The van der Waals surface area contributed by atoms with Crippen LogP contribution in [0, 0.1) is 6.92 Å². The number of nitrogen functional groups attached to an aromatic ring is 1. The summed E-state index contributed by atoms with van der Waals surface area (Å²) in [4.78, 5) is 7.99. The number of aryl methyl sites for hydroxylation is 1. The topological polar surface area (TPSA) is 61.0 Å². The van der Waals surface area contributed by atoms with Crippen molar-refractivity contribution in [3.8, 4) is 5.88 Å². The van der Waals surface area contributed by atoms with Gasteiger partial charge in [-0.05, 0) is 13.0 Å². The highest BCUT2D eigenvalue weighted by molar-refractivity contribution is 9.10. The van der Waals surface area contributed by atoms with Gasteiger partial charge in [0.15, 0.2) is 0 Å². The van der Waals surface area contributed by atoms with Gasteiger partial charge in [0.2, 0.25) is 11.8 Å². The number of halogens is 1. The first kappa shape index (κ1) is 11.9. The molecule has 1 heterocycles. The van der Waals surface area contributed by atoms with Crippen molar-refractivity contribution >= 4 is 21.9 Å².